The number of hydrogen-bond acceptors (Lipinski definition) is 8. The number of rotatable bonds is 7. The Kier molecular flexibility index (Phi) is 5.90. The van der Waals surface area contributed by atoms with Gasteiger partial charge in [-0.2, -0.15) is 0 Å². The average molecular weight is 365 g/mol. The fourth-order valence-electron chi connectivity index (χ4n) is 2.41. The molecule has 0 radical (unpaired) electrons. The Morgan fingerprint density at radius 3 is 2.84 bits per heavy atom. The van der Waals surface area contributed by atoms with Crippen molar-refractivity contribution in [1.82, 2.24) is 9.97 Å². The van der Waals surface area contributed by atoms with Crippen LogP contribution in [0.5, 0.6) is 0 Å². The molecule has 3 heterocycles. The van der Waals surface area contributed by atoms with Gasteiger partial charge in [0.1, 0.15) is 11.6 Å². The lowest BCUT2D eigenvalue weighted by molar-refractivity contribution is 0.0661. The number of carboxylic acids is 1. The zero-order valence-electron chi connectivity index (χ0n) is 13.8. The van der Waals surface area contributed by atoms with Crippen LogP contribution in [0.4, 0.5) is 5.82 Å². The van der Waals surface area contributed by atoms with E-state index in [1.807, 2.05) is 6.07 Å². The zero-order valence-corrected chi connectivity index (χ0v) is 14.6. The maximum absolute atomic E-state index is 10.9. The van der Waals surface area contributed by atoms with Gasteiger partial charge in [-0.1, -0.05) is 11.8 Å². The molecule has 2 aromatic rings. The molecule has 134 valence electrons. The third kappa shape index (κ3) is 4.71. The van der Waals surface area contributed by atoms with E-state index in [2.05, 4.69) is 14.9 Å². The van der Waals surface area contributed by atoms with Crippen molar-refractivity contribution in [1.29, 1.82) is 0 Å². The highest BCUT2D eigenvalue weighted by Gasteiger charge is 2.16. The minimum absolute atomic E-state index is 0.0707. The van der Waals surface area contributed by atoms with Crippen LogP contribution in [-0.2, 0) is 21.8 Å². The number of carbonyl (C=O) groups is 1. The molecule has 0 amide bonds. The van der Waals surface area contributed by atoms with E-state index in [1.54, 1.807) is 13.2 Å². The number of methoxy groups -OCH3 is 1. The lowest BCUT2D eigenvalue weighted by Crippen LogP contribution is -2.37. The molecule has 0 bridgehead atoms. The number of aromatic nitrogens is 2. The largest absolute Gasteiger partial charge is 0.475 e. The second-order valence-corrected chi connectivity index (χ2v) is 6.33. The summed E-state index contributed by atoms with van der Waals surface area (Å²) in [6.07, 6.45) is 0. The normalized spacial score (nSPS) is 14.7. The maximum Gasteiger partial charge on any atom is 0.371 e. The van der Waals surface area contributed by atoms with Crippen molar-refractivity contribution >= 4 is 23.5 Å². The molecule has 0 saturated carbocycles. The zero-order chi connectivity index (χ0) is 17.6. The Morgan fingerprint density at radius 2 is 2.16 bits per heavy atom. The Balaban J connectivity index is 1.74. The van der Waals surface area contributed by atoms with Gasteiger partial charge < -0.3 is 23.9 Å². The highest BCUT2D eigenvalue weighted by atomic mass is 32.2. The van der Waals surface area contributed by atoms with Gasteiger partial charge in [-0.3, -0.25) is 0 Å². The molecule has 2 aromatic heterocycles. The van der Waals surface area contributed by atoms with Crippen LogP contribution >= 0.6 is 11.8 Å². The van der Waals surface area contributed by atoms with Gasteiger partial charge in [0.25, 0.3) is 0 Å². The molecule has 3 rings (SSSR count). The van der Waals surface area contributed by atoms with Gasteiger partial charge in [-0.25, -0.2) is 14.8 Å². The molecule has 1 saturated heterocycles. The van der Waals surface area contributed by atoms with E-state index in [0.29, 0.717) is 36.5 Å². The fourth-order valence-corrected chi connectivity index (χ4v) is 3.17. The van der Waals surface area contributed by atoms with E-state index in [4.69, 9.17) is 19.0 Å². The summed E-state index contributed by atoms with van der Waals surface area (Å²) in [5.74, 6) is 0.712. The van der Waals surface area contributed by atoms with Crippen molar-refractivity contribution in [3.63, 3.8) is 0 Å². The summed E-state index contributed by atoms with van der Waals surface area (Å²) in [6, 6.07) is 5.02. The Bertz CT molecular complexity index is 730. The molecule has 0 spiro atoms. The summed E-state index contributed by atoms with van der Waals surface area (Å²) in [4.78, 5) is 22.1. The van der Waals surface area contributed by atoms with Gasteiger partial charge in [-0.05, 0) is 12.1 Å². The number of carboxylic acid groups (broad SMARTS) is 1. The molecule has 1 N–H and O–H groups in total. The molecule has 0 aromatic carbocycles. The van der Waals surface area contributed by atoms with Gasteiger partial charge in [0.05, 0.1) is 31.3 Å². The fraction of sp³-hybridized carbons (Fsp3) is 0.438. The van der Waals surface area contributed by atoms with Gasteiger partial charge in [0.15, 0.2) is 5.16 Å². The van der Waals surface area contributed by atoms with E-state index in [1.165, 1.54) is 17.8 Å². The van der Waals surface area contributed by atoms with Crippen LogP contribution in [0.25, 0.3) is 0 Å². The van der Waals surface area contributed by atoms with Crippen molar-refractivity contribution < 1.29 is 23.8 Å². The molecule has 0 unspecified atom stereocenters. The van der Waals surface area contributed by atoms with Crippen LogP contribution in [-0.4, -0.2) is 54.5 Å². The van der Waals surface area contributed by atoms with Crippen LogP contribution in [0.1, 0.15) is 22.0 Å². The van der Waals surface area contributed by atoms with Crippen molar-refractivity contribution in [2.24, 2.45) is 0 Å². The predicted molar refractivity (Wildman–Crippen MR) is 91.0 cm³/mol. The van der Waals surface area contributed by atoms with E-state index in [-0.39, 0.29) is 5.76 Å². The van der Waals surface area contributed by atoms with Crippen molar-refractivity contribution in [2.75, 3.05) is 38.3 Å². The number of ether oxygens (including phenoxy) is 2. The van der Waals surface area contributed by atoms with Gasteiger partial charge in [0, 0.05) is 26.3 Å². The SMILES string of the molecule is COCc1cc(N2CCOCC2)nc(SCc2ccc(C(=O)O)o2)n1. The molecule has 1 fully saturated rings. The lowest BCUT2D eigenvalue weighted by Gasteiger charge is -2.28. The topological polar surface area (TPSA) is 97.9 Å². The van der Waals surface area contributed by atoms with Crippen LogP contribution in [0, 0.1) is 0 Å². The maximum atomic E-state index is 10.9. The summed E-state index contributed by atoms with van der Waals surface area (Å²) >= 11 is 1.39. The number of hydrogen-bond donors (Lipinski definition) is 1. The molecule has 0 aliphatic carbocycles. The van der Waals surface area contributed by atoms with E-state index >= 15 is 0 Å². The highest BCUT2D eigenvalue weighted by Crippen LogP contribution is 2.24. The number of furan rings is 1. The second-order valence-electron chi connectivity index (χ2n) is 5.39. The molecular weight excluding hydrogens is 346 g/mol. The van der Waals surface area contributed by atoms with Crippen molar-refractivity contribution in [3.05, 3.63) is 35.4 Å². The Labute approximate surface area is 149 Å². The summed E-state index contributed by atoms with van der Waals surface area (Å²) in [5, 5.41) is 9.51. The monoisotopic (exact) mass is 365 g/mol. The van der Waals surface area contributed by atoms with Gasteiger partial charge in [-0.15, -0.1) is 0 Å². The minimum atomic E-state index is -1.08. The quantitative estimate of drug-likeness (QED) is 0.584. The first-order chi connectivity index (χ1) is 12.2. The van der Waals surface area contributed by atoms with E-state index < -0.39 is 5.97 Å². The molecular formula is C16H19N3O5S. The molecule has 0 atom stereocenters. The molecule has 8 nitrogen and oxygen atoms in total. The summed E-state index contributed by atoms with van der Waals surface area (Å²) in [7, 11) is 1.62. The third-order valence-electron chi connectivity index (χ3n) is 3.59. The Morgan fingerprint density at radius 1 is 1.36 bits per heavy atom. The molecule has 1 aliphatic rings. The van der Waals surface area contributed by atoms with Crippen LogP contribution in [0.3, 0.4) is 0 Å². The highest BCUT2D eigenvalue weighted by molar-refractivity contribution is 7.98. The Hall–Kier alpha value is -2.10. The van der Waals surface area contributed by atoms with E-state index in [9.17, 15) is 4.79 Å². The smallest absolute Gasteiger partial charge is 0.371 e. The van der Waals surface area contributed by atoms with Crippen molar-refractivity contribution in [3.8, 4) is 0 Å². The number of anilines is 1. The average Bonchev–Trinajstić information content (AvgIpc) is 3.10. The number of aromatic carboxylic acids is 1. The number of morpholine rings is 1. The number of thioether (sulfide) groups is 1. The molecule has 25 heavy (non-hydrogen) atoms. The lowest BCUT2D eigenvalue weighted by atomic mass is 10.3. The minimum Gasteiger partial charge on any atom is -0.475 e. The van der Waals surface area contributed by atoms with Gasteiger partial charge in [0.2, 0.25) is 5.76 Å². The summed E-state index contributed by atoms with van der Waals surface area (Å²) in [6.45, 7) is 3.33. The summed E-state index contributed by atoms with van der Waals surface area (Å²) in [5.41, 5.74) is 0.798. The first-order valence-electron chi connectivity index (χ1n) is 7.80. The number of nitrogens with zero attached hydrogens (tertiary/aromatic N) is 3. The van der Waals surface area contributed by atoms with Crippen LogP contribution in [0.2, 0.25) is 0 Å². The standard InChI is InChI=1S/C16H19N3O5S/c1-22-9-11-8-14(19-4-6-23-7-5-19)18-16(17-11)25-10-12-2-3-13(24-12)15(20)21/h2-3,8H,4-7,9-10H2,1H3,(H,20,21). The molecule has 1 aliphatic heterocycles. The third-order valence-corrected chi connectivity index (χ3v) is 4.46. The first-order valence-corrected chi connectivity index (χ1v) is 8.78. The van der Waals surface area contributed by atoms with Crippen LogP contribution < -0.4 is 4.90 Å². The van der Waals surface area contributed by atoms with Gasteiger partial charge >= 0.3 is 5.97 Å². The van der Waals surface area contributed by atoms with E-state index in [0.717, 1.165) is 24.6 Å². The second kappa shape index (κ2) is 8.32. The van der Waals surface area contributed by atoms with Crippen LogP contribution in [0.15, 0.2) is 27.8 Å². The first kappa shape index (κ1) is 17.7. The predicted octanol–water partition coefficient (Wildman–Crippen LogP) is 2.04. The summed E-state index contributed by atoms with van der Waals surface area (Å²) < 4.78 is 15.8. The molecule has 9 heteroatoms. The van der Waals surface area contributed by atoms with Crippen molar-refractivity contribution in [2.45, 2.75) is 17.5 Å².